The Morgan fingerprint density at radius 1 is 0.697 bits per heavy atom. The third kappa shape index (κ3) is 11.2. The van der Waals surface area contributed by atoms with Gasteiger partial charge in [0.25, 0.3) is 0 Å². The molecular weight excluding hydrogens is 837 g/mol. The fourth-order valence-electron chi connectivity index (χ4n) is 9.04. The topological polar surface area (TPSA) is 141 Å². The molecule has 342 valence electrons. The number of carbonyl (C=O) groups is 4. The Kier molecular flexibility index (Phi) is 17.5. The molecule has 3 aliphatic rings. The van der Waals surface area contributed by atoms with E-state index in [0.717, 1.165) is 60.8 Å². The molecule has 0 saturated carbocycles. The van der Waals surface area contributed by atoms with Crippen LogP contribution in [-0.2, 0) is 19.1 Å². The van der Waals surface area contributed by atoms with E-state index in [1.807, 2.05) is 52.0 Å². The minimum atomic E-state index is -1.30. The molecule has 5 heterocycles. The van der Waals surface area contributed by atoms with Crippen LogP contribution < -0.4 is 9.97 Å². The minimum Gasteiger partial charge on any atom is -0.657 e. The van der Waals surface area contributed by atoms with Crippen LogP contribution in [0, 0.1) is 13.8 Å². The van der Waals surface area contributed by atoms with Crippen LogP contribution in [0.2, 0.25) is 0 Å². The second kappa shape index (κ2) is 22.4. The number of fused-ring (bicyclic) bond motifs is 8. The Balaban J connectivity index is 0.00000817. The maximum Gasteiger partial charge on any atom is 2.00 e. The van der Waals surface area contributed by atoms with Crippen LogP contribution in [0.4, 0.5) is 0 Å². The molecule has 1 aliphatic carbocycles. The van der Waals surface area contributed by atoms with Gasteiger partial charge in [0.2, 0.25) is 0 Å². The van der Waals surface area contributed by atoms with E-state index in [1.54, 1.807) is 0 Å². The summed E-state index contributed by atoms with van der Waals surface area (Å²) >= 11 is 0. The van der Waals surface area contributed by atoms with E-state index in [2.05, 4.69) is 59.8 Å². The number of Topliss-reactive ketones (excluding diaryl/α,β-unsaturated/α-hetero) is 2. The maximum absolute atomic E-state index is 14.3. The molecule has 0 aromatic carbocycles. The number of esters is 2. The normalized spacial score (nSPS) is 15.1. The van der Waals surface area contributed by atoms with Gasteiger partial charge in [0.15, 0.2) is 11.6 Å². The largest absolute Gasteiger partial charge is 2.00 e. The van der Waals surface area contributed by atoms with Gasteiger partial charge in [0.1, 0.15) is 12.5 Å². The van der Waals surface area contributed by atoms with Crippen LogP contribution in [0.15, 0.2) is 64.8 Å². The van der Waals surface area contributed by atoms with Gasteiger partial charge in [-0.2, -0.15) is 0 Å². The standard InChI is InChI=1S/C55H65N4O6.Mg/c1-13-39-34(7)41-29-46-48(38(11)60)36(9)43(57-46)27-42-35(8)40(52(58-42)50-51(55(63)64-12)54(62)49-37(10)44(59-53(49)50)28-45(39)56-41)23-24-47(61)65-26-25-33(6)22-16-21-32(5)20-15-19-31(4)18-14-17-30(2)3;/h17,19,21,25,27-29,51H,13-16,18,20,22-24,26H2,1-12H3,(H-,56,57,58,59,60,62);/q-1;+2/p-1/b31-19+,32-21+,33-25-,41-29?,42-27?,43-27?,44-28?,45-28?,46-29?,52-50?;/t51-;/m0./s1. The van der Waals surface area contributed by atoms with E-state index < -0.39 is 17.7 Å². The third-order valence-electron chi connectivity index (χ3n) is 12.9. The predicted octanol–water partition coefficient (Wildman–Crippen LogP) is 12.2. The summed E-state index contributed by atoms with van der Waals surface area (Å²) in [7, 11) is 1.26. The van der Waals surface area contributed by atoms with Gasteiger partial charge in [-0.25, -0.2) is 9.97 Å². The average molecular weight is 901 g/mol. The van der Waals surface area contributed by atoms with Gasteiger partial charge in [-0.05, 0) is 155 Å². The number of aryl methyl sites for hydroxylation is 2. The molecule has 0 N–H and O–H groups in total. The Morgan fingerprint density at radius 3 is 1.86 bits per heavy atom. The first-order valence-corrected chi connectivity index (χ1v) is 22.9. The molecule has 1 atom stereocenters. The quantitative estimate of drug-likeness (QED) is 0.0422. The van der Waals surface area contributed by atoms with E-state index in [-0.39, 0.29) is 54.3 Å². The van der Waals surface area contributed by atoms with E-state index in [4.69, 9.17) is 29.4 Å². The molecular formula is C55H64MgN4O6. The monoisotopic (exact) mass is 900 g/mol. The Labute approximate surface area is 406 Å². The number of ketones is 2. The van der Waals surface area contributed by atoms with Crippen molar-refractivity contribution in [2.45, 2.75) is 140 Å². The number of hydrogen-bond acceptors (Lipinski definition) is 8. The summed E-state index contributed by atoms with van der Waals surface area (Å²) in [5, 5.41) is 0. The van der Waals surface area contributed by atoms with Crippen molar-refractivity contribution in [3.63, 3.8) is 0 Å². The fourth-order valence-corrected chi connectivity index (χ4v) is 9.04. The average Bonchev–Trinajstić information content (AvgIpc) is 4.00. The molecule has 2 aliphatic heterocycles. The molecule has 0 radical (unpaired) electrons. The summed E-state index contributed by atoms with van der Waals surface area (Å²) < 4.78 is 11.0. The van der Waals surface area contributed by atoms with Crippen molar-refractivity contribution in [1.82, 2.24) is 19.9 Å². The molecule has 0 saturated heterocycles. The van der Waals surface area contributed by atoms with Crippen molar-refractivity contribution in [3.05, 3.63) is 115 Å². The fraction of sp³-hybridized carbons (Fsp3) is 0.418. The summed E-state index contributed by atoms with van der Waals surface area (Å²) in [6, 6.07) is 5.56. The number of rotatable bonds is 17. The zero-order chi connectivity index (χ0) is 47.3. The van der Waals surface area contributed by atoms with Crippen LogP contribution in [0.5, 0.6) is 0 Å². The molecule has 3 aromatic rings. The van der Waals surface area contributed by atoms with Crippen LogP contribution in [0.25, 0.3) is 44.4 Å². The number of hydrogen-bond donors (Lipinski definition) is 0. The van der Waals surface area contributed by atoms with Crippen molar-refractivity contribution in [2.24, 2.45) is 0 Å². The van der Waals surface area contributed by atoms with Gasteiger partial charge in [-0.15, -0.1) is 22.1 Å². The van der Waals surface area contributed by atoms with E-state index in [0.29, 0.717) is 84.7 Å². The molecule has 11 heteroatoms. The Hall–Kier alpha value is -5.39. The van der Waals surface area contributed by atoms with Crippen molar-refractivity contribution in [3.8, 4) is 0 Å². The molecule has 0 amide bonds. The number of nitrogens with zero attached hydrogens (tertiary/aromatic N) is 4. The van der Waals surface area contributed by atoms with Crippen LogP contribution in [0.3, 0.4) is 0 Å². The first-order valence-electron chi connectivity index (χ1n) is 22.9. The van der Waals surface area contributed by atoms with Gasteiger partial charge < -0.3 is 19.4 Å². The van der Waals surface area contributed by atoms with E-state index in [1.165, 1.54) is 30.8 Å². The summed E-state index contributed by atoms with van der Waals surface area (Å²) in [4.78, 5) is 74.6. The number of ether oxygens (including phenoxy) is 2. The Bertz CT molecular complexity index is 2820. The maximum atomic E-state index is 14.3. The minimum absolute atomic E-state index is 0. The van der Waals surface area contributed by atoms with Crippen molar-refractivity contribution in [1.29, 1.82) is 0 Å². The number of aromatic nitrogens is 4. The smallest absolute Gasteiger partial charge is 0.657 e. The SMILES string of the molecule is CCC1=C(C)c2cc3[n-]c(cc4nc(c5c6[n-]c(cc1n2)c(C)c6C(=O)[C@H]5C(=O)OC)C(CCC(=O)OC/C=C(/C)CC/C=C(\C)CC/C=C(\C)CCC=C(C)C)=C4C)c(C)c3C(C)=O.[Mg+2]. The van der Waals surface area contributed by atoms with Crippen molar-refractivity contribution >= 4 is 90.9 Å². The van der Waals surface area contributed by atoms with Crippen LogP contribution in [-0.4, -0.2) is 70.2 Å². The molecule has 0 spiro atoms. The third-order valence-corrected chi connectivity index (χ3v) is 12.9. The number of carbonyl (C=O) groups excluding carboxylic acids is 4. The van der Waals surface area contributed by atoms with Crippen molar-refractivity contribution < 1.29 is 28.7 Å². The molecule has 6 rings (SSSR count). The molecule has 8 bridgehead atoms. The van der Waals surface area contributed by atoms with E-state index >= 15 is 0 Å². The van der Waals surface area contributed by atoms with Gasteiger partial charge in [-0.3, -0.25) is 19.2 Å². The van der Waals surface area contributed by atoms with E-state index in [9.17, 15) is 19.2 Å². The number of allylic oxidation sites excluding steroid dienone is 11. The second-order valence-electron chi connectivity index (χ2n) is 18.0. The first-order chi connectivity index (χ1) is 30.9. The summed E-state index contributed by atoms with van der Waals surface area (Å²) in [5.74, 6) is -2.93. The van der Waals surface area contributed by atoms with Crippen molar-refractivity contribution in [2.75, 3.05) is 13.7 Å². The summed E-state index contributed by atoms with van der Waals surface area (Å²) in [6.07, 6.45) is 15.9. The summed E-state index contributed by atoms with van der Waals surface area (Å²) in [5.41, 5.74) is 15.6. The number of methoxy groups -OCH3 is 1. The first kappa shape index (κ1) is 51.6. The molecule has 10 nitrogen and oxygen atoms in total. The second-order valence-corrected chi connectivity index (χ2v) is 18.0. The molecule has 3 aromatic heterocycles. The van der Waals surface area contributed by atoms with Gasteiger partial charge in [0, 0.05) is 17.5 Å². The van der Waals surface area contributed by atoms with Gasteiger partial charge in [-0.1, -0.05) is 76.8 Å². The summed E-state index contributed by atoms with van der Waals surface area (Å²) in [6.45, 7) is 22.1. The van der Waals surface area contributed by atoms with Crippen LogP contribution in [0.1, 0.15) is 186 Å². The zero-order valence-corrected chi connectivity index (χ0v) is 42.5. The van der Waals surface area contributed by atoms with Gasteiger partial charge in [0.05, 0.1) is 29.9 Å². The molecule has 66 heavy (non-hydrogen) atoms. The predicted molar refractivity (Wildman–Crippen MR) is 267 cm³/mol. The zero-order valence-electron chi connectivity index (χ0n) is 41.1. The van der Waals surface area contributed by atoms with Crippen LogP contribution >= 0.6 is 0 Å². The Morgan fingerprint density at radius 2 is 1.26 bits per heavy atom. The molecule has 0 fully saturated rings. The molecule has 0 unspecified atom stereocenters. The van der Waals surface area contributed by atoms with Gasteiger partial charge >= 0.3 is 35.0 Å².